The number of nitrogens with zero attached hydrogens (tertiary/aromatic N) is 1. The third kappa shape index (κ3) is 3.20. The molecular formula is C15H19N3O2S2. The van der Waals surface area contributed by atoms with Gasteiger partial charge in [-0.3, -0.25) is 9.59 Å². The summed E-state index contributed by atoms with van der Waals surface area (Å²) in [5.74, 6) is 2.14. The minimum Gasteiger partial charge on any atom is -0.356 e. The number of aromatic amines is 1. The highest BCUT2D eigenvalue weighted by molar-refractivity contribution is 7.98. The van der Waals surface area contributed by atoms with Crippen LogP contribution in [0.2, 0.25) is 0 Å². The van der Waals surface area contributed by atoms with Gasteiger partial charge in [0.05, 0.1) is 11.1 Å². The summed E-state index contributed by atoms with van der Waals surface area (Å²) in [5, 5.41) is 3.57. The molecule has 1 aliphatic carbocycles. The molecule has 3 rings (SSSR count). The van der Waals surface area contributed by atoms with Crippen LogP contribution in [0.1, 0.15) is 36.0 Å². The SMILES string of the molecule is CCNC(=O)CCSCc1nc2sc3c(c2c(=O)[nH]1)CCC3. The molecule has 1 aliphatic rings. The van der Waals surface area contributed by atoms with Crippen LogP contribution in [0.5, 0.6) is 0 Å². The molecule has 0 aliphatic heterocycles. The molecule has 0 aromatic carbocycles. The first-order chi connectivity index (χ1) is 10.7. The van der Waals surface area contributed by atoms with Crippen LogP contribution in [0.4, 0.5) is 0 Å². The molecule has 0 spiro atoms. The summed E-state index contributed by atoms with van der Waals surface area (Å²) in [6.45, 7) is 2.57. The lowest BCUT2D eigenvalue weighted by atomic mass is 10.2. The lowest BCUT2D eigenvalue weighted by Crippen LogP contribution is -2.22. The highest BCUT2D eigenvalue weighted by atomic mass is 32.2. The van der Waals surface area contributed by atoms with Crippen molar-refractivity contribution in [3.05, 3.63) is 26.6 Å². The molecule has 0 unspecified atom stereocenters. The molecule has 0 saturated carbocycles. The normalized spacial score (nSPS) is 13.5. The van der Waals surface area contributed by atoms with Gasteiger partial charge in [0.15, 0.2) is 0 Å². The van der Waals surface area contributed by atoms with E-state index >= 15 is 0 Å². The molecule has 0 bridgehead atoms. The van der Waals surface area contributed by atoms with E-state index in [2.05, 4.69) is 15.3 Å². The maximum atomic E-state index is 12.3. The minimum atomic E-state index is -0.0104. The smallest absolute Gasteiger partial charge is 0.259 e. The van der Waals surface area contributed by atoms with Crippen molar-refractivity contribution in [3.8, 4) is 0 Å². The molecule has 2 aromatic rings. The topological polar surface area (TPSA) is 74.8 Å². The number of rotatable bonds is 6. The first-order valence-electron chi connectivity index (χ1n) is 7.57. The minimum absolute atomic E-state index is 0.0104. The van der Waals surface area contributed by atoms with Gasteiger partial charge < -0.3 is 10.3 Å². The molecule has 2 N–H and O–H groups in total. The zero-order valence-electron chi connectivity index (χ0n) is 12.5. The van der Waals surface area contributed by atoms with Crippen molar-refractivity contribution in [2.24, 2.45) is 0 Å². The quantitative estimate of drug-likeness (QED) is 0.793. The Hall–Kier alpha value is -1.34. The second-order valence-electron chi connectivity index (χ2n) is 5.31. The van der Waals surface area contributed by atoms with Crippen LogP contribution in [0.25, 0.3) is 10.2 Å². The molecule has 0 atom stereocenters. The highest BCUT2D eigenvalue weighted by Gasteiger charge is 2.20. The zero-order valence-corrected chi connectivity index (χ0v) is 14.2. The Bertz CT molecular complexity index is 751. The third-order valence-electron chi connectivity index (χ3n) is 3.71. The van der Waals surface area contributed by atoms with Crippen molar-refractivity contribution >= 4 is 39.2 Å². The standard InChI is InChI=1S/C15H19N3O2S2/c1-2-16-12(19)6-7-21-8-11-17-14(20)13-9-4-3-5-10(9)22-15(13)18-11/h2-8H2,1H3,(H,16,19)(H,17,18,20). The molecule has 7 heteroatoms. The number of carbonyl (C=O) groups excluding carboxylic acids is 1. The van der Waals surface area contributed by atoms with Crippen LogP contribution >= 0.6 is 23.1 Å². The number of fused-ring (bicyclic) bond motifs is 3. The molecule has 2 heterocycles. The Morgan fingerprint density at radius 2 is 2.32 bits per heavy atom. The second kappa shape index (κ2) is 6.83. The van der Waals surface area contributed by atoms with E-state index in [9.17, 15) is 9.59 Å². The lowest BCUT2D eigenvalue weighted by Gasteiger charge is -2.03. The Labute approximate surface area is 136 Å². The fraction of sp³-hybridized carbons (Fsp3) is 0.533. The third-order valence-corrected chi connectivity index (χ3v) is 5.87. The van der Waals surface area contributed by atoms with Crippen molar-refractivity contribution in [2.75, 3.05) is 12.3 Å². The summed E-state index contributed by atoms with van der Waals surface area (Å²) >= 11 is 3.28. The fourth-order valence-electron chi connectivity index (χ4n) is 2.73. The molecule has 2 aromatic heterocycles. The number of aryl methyl sites for hydroxylation is 2. The molecule has 22 heavy (non-hydrogen) atoms. The van der Waals surface area contributed by atoms with E-state index in [0.717, 1.165) is 35.2 Å². The van der Waals surface area contributed by atoms with Gasteiger partial charge in [-0.2, -0.15) is 11.8 Å². The maximum Gasteiger partial charge on any atom is 0.259 e. The number of hydrogen-bond acceptors (Lipinski definition) is 5. The molecular weight excluding hydrogens is 318 g/mol. The number of thiophene rings is 1. The molecule has 5 nitrogen and oxygen atoms in total. The summed E-state index contributed by atoms with van der Waals surface area (Å²) in [6, 6.07) is 0. The lowest BCUT2D eigenvalue weighted by molar-refractivity contribution is -0.120. The van der Waals surface area contributed by atoms with Gasteiger partial charge in [-0.05, 0) is 31.7 Å². The number of amides is 1. The fourth-order valence-corrected chi connectivity index (χ4v) is 4.82. The van der Waals surface area contributed by atoms with Crippen molar-refractivity contribution < 1.29 is 4.79 Å². The average molecular weight is 337 g/mol. The van der Waals surface area contributed by atoms with Gasteiger partial charge in [0.25, 0.3) is 5.56 Å². The van der Waals surface area contributed by atoms with Gasteiger partial charge >= 0.3 is 0 Å². The summed E-state index contributed by atoms with van der Waals surface area (Å²) < 4.78 is 0. The Kier molecular flexibility index (Phi) is 4.83. The largest absolute Gasteiger partial charge is 0.356 e. The van der Waals surface area contributed by atoms with E-state index in [-0.39, 0.29) is 11.5 Å². The first kappa shape index (κ1) is 15.6. The number of thioether (sulfide) groups is 1. The summed E-state index contributed by atoms with van der Waals surface area (Å²) in [7, 11) is 0. The van der Waals surface area contributed by atoms with Crippen LogP contribution < -0.4 is 10.9 Å². The molecule has 0 saturated heterocycles. The van der Waals surface area contributed by atoms with Gasteiger partial charge in [0.1, 0.15) is 10.7 Å². The number of aromatic nitrogens is 2. The summed E-state index contributed by atoms with van der Waals surface area (Å²) in [6.07, 6.45) is 3.72. The van der Waals surface area contributed by atoms with Gasteiger partial charge in [-0.1, -0.05) is 0 Å². The Morgan fingerprint density at radius 3 is 3.14 bits per heavy atom. The maximum absolute atomic E-state index is 12.3. The number of carbonyl (C=O) groups is 1. The van der Waals surface area contributed by atoms with E-state index in [0.29, 0.717) is 24.5 Å². The predicted molar refractivity (Wildman–Crippen MR) is 91.7 cm³/mol. The number of hydrogen-bond donors (Lipinski definition) is 2. The van der Waals surface area contributed by atoms with Crippen LogP contribution in [0, 0.1) is 0 Å². The first-order valence-corrected chi connectivity index (χ1v) is 9.54. The van der Waals surface area contributed by atoms with E-state index in [4.69, 9.17) is 0 Å². The Morgan fingerprint density at radius 1 is 1.45 bits per heavy atom. The van der Waals surface area contributed by atoms with Crippen LogP contribution in [0.3, 0.4) is 0 Å². The zero-order chi connectivity index (χ0) is 15.5. The molecule has 0 radical (unpaired) electrons. The van der Waals surface area contributed by atoms with Crippen molar-refractivity contribution in [1.82, 2.24) is 15.3 Å². The second-order valence-corrected chi connectivity index (χ2v) is 7.50. The van der Waals surface area contributed by atoms with Crippen LogP contribution in [0.15, 0.2) is 4.79 Å². The molecule has 118 valence electrons. The summed E-state index contributed by atoms with van der Waals surface area (Å²) in [5.41, 5.74) is 1.20. The van der Waals surface area contributed by atoms with Gasteiger partial charge in [0, 0.05) is 23.6 Å². The van der Waals surface area contributed by atoms with Crippen molar-refractivity contribution in [3.63, 3.8) is 0 Å². The predicted octanol–water partition coefficient (Wildman–Crippen LogP) is 2.23. The van der Waals surface area contributed by atoms with Gasteiger partial charge in [-0.25, -0.2) is 4.98 Å². The van der Waals surface area contributed by atoms with E-state index < -0.39 is 0 Å². The highest BCUT2D eigenvalue weighted by Crippen LogP contribution is 2.34. The van der Waals surface area contributed by atoms with Crippen molar-refractivity contribution in [2.45, 2.75) is 38.4 Å². The Balaban J connectivity index is 1.66. The van der Waals surface area contributed by atoms with E-state index in [1.165, 1.54) is 10.4 Å². The van der Waals surface area contributed by atoms with Crippen LogP contribution in [-0.2, 0) is 23.4 Å². The van der Waals surface area contributed by atoms with E-state index in [1.54, 1.807) is 23.1 Å². The average Bonchev–Trinajstić information content (AvgIpc) is 3.04. The number of H-pyrrole nitrogens is 1. The van der Waals surface area contributed by atoms with E-state index in [1.807, 2.05) is 6.92 Å². The monoisotopic (exact) mass is 337 g/mol. The summed E-state index contributed by atoms with van der Waals surface area (Å²) in [4.78, 5) is 33.3. The van der Waals surface area contributed by atoms with Crippen molar-refractivity contribution in [1.29, 1.82) is 0 Å². The molecule has 1 amide bonds. The molecule has 0 fully saturated rings. The van der Waals surface area contributed by atoms with Gasteiger partial charge in [0.2, 0.25) is 5.91 Å². The van der Waals surface area contributed by atoms with Crippen LogP contribution in [-0.4, -0.2) is 28.2 Å². The van der Waals surface area contributed by atoms with Gasteiger partial charge in [-0.15, -0.1) is 11.3 Å². The number of nitrogens with one attached hydrogen (secondary N) is 2.